The van der Waals surface area contributed by atoms with Gasteiger partial charge < -0.3 is 19.9 Å². The zero-order valence-corrected chi connectivity index (χ0v) is 19.0. The van der Waals surface area contributed by atoms with Crippen LogP contribution in [0.25, 0.3) is 0 Å². The molecule has 1 heterocycles. The lowest BCUT2D eigenvalue weighted by Crippen LogP contribution is -2.29. The van der Waals surface area contributed by atoms with E-state index in [-0.39, 0.29) is 28.7 Å². The first kappa shape index (κ1) is 24.0. The molecule has 9 nitrogen and oxygen atoms in total. The van der Waals surface area contributed by atoms with Crippen molar-refractivity contribution in [1.29, 1.82) is 0 Å². The lowest BCUT2D eigenvalue weighted by molar-refractivity contribution is -0.136. The Morgan fingerprint density at radius 1 is 1.09 bits per heavy atom. The third-order valence-electron chi connectivity index (χ3n) is 4.07. The van der Waals surface area contributed by atoms with E-state index in [0.29, 0.717) is 15.7 Å². The maximum Gasteiger partial charge on any atom is 0.315 e. The van der Waals surface area contributed by atoms with Gasteiger partial charge in [0.2, 0.25) is 0 Å². The number of amides is 2. The van der Waals surface area contributed by atoms with Crippen LogP contribution in [0.4, 0.5) is 15.2 Å². The van der Waals surface area contributed by atoms with Crippen LogP contribution in [0.2, 0.25) is 0 Å². The van der Waals surface area contributed by atoms with Gasteiger partial charge in [0.05, 0.1) is 29.1 Å². The van der Waals surface area contributed by atoms with Crippen LogP contribution in [-0.2, 0) is 20.8 Å². The number of hydrogen-bond donors (Lipinski definition) is 3. The summed E-state index contributed by atoms with van der Waals surface area (Å²) in [4.78, 5) is 39.9. The molecule has 3 rings (SSSR count). The van der Waals surface area contributed by atoms with Gasteiger partial charge >= 0.3 is 17.8 Å². The molecule has 3 aromatic rings. The van der Waals surface area contributed by atoms with Gasteiger partial charge in [-0.25, -0.2) is 9.37 Å². The second-order valence-corrected chi connectivity index (χ2v) is 8.40. The summed E-state index contributed by atoms with van der Waals surface area (Å²) in [6.45, 7) is 0. The summed E-state index contributed by atoms with van der Waals surface area (Å²) in [6.07, 6.45) is 1.43. The molecule has 0 unspecified atom stereocenters. The first-order valence-corrected chi connectivity index (χ1v) is 11.3. The molecule has 0 radical (unpaired) electrons. The van der Waals surface area contributed by atoms with E-state index in [2.05, 4.69) is 15.6 Å². The first-order valence-electron chi connectivity index (χ1n) is 9.29. The molecule has 0 aliphatic rings. The van der Waals surface area contributed by atoms with Crippen LogP contribution < -0.4 is 20.1 Å². The molecule has 172 valence electrons. The number of aromatic nitrogens is 1. The van der Waals surface area contributed by atoms with E-state index in [1.807, 2.05) is 0 Å². The quantitative estimate of drug-likeness (QED) is 0.319. The SMILES string of the molecule is COc1ccccc1Oc1cc(F)ccc1NC(=O)C(=O)Nc1nc(CC(=O)O)c(SC)s1. The highest BCUT2D eigenvalue weighted by Gasteiger charge is 2.21. The number of para-hydroxylation sites is 2. The number of thiazole rings is 1. The minimum absolute atomic E-state index is 0.0386. The molecule has 0 saturated heterocycles. The van der Waals surface area contributed by atoms with Crippen molar-refractivity contribution in [1.82, 2.24) is 4.98 Å². The standard InChI is InChI=1S/C21H18FN3O6S2/c1-30-14-5-3-4-6-15(14)31-16-9-11(22)7-8-12(16)23-18(28)19(29)25-21-24-13(10-17(26)27)20(32-2)33-21/h3-9H,10H2,1-2H3,(H,23,28)(H,26,27)(H,24,25,29). The van der Waals surface area contributed by atoms with Crippen LogP contribution in [-0.4, -0.2) is 41.2 Å². The number of halogens is 1. The van der Waals surface area contributed by atoms with E-state index < -0.39 is 23.6 Å². The molecule has 0 atom stereocenters. The Bertz CT molecular complexity index is 1200. The number of ether oxygens (including phenoxy) is 2. The number of carbonyl (C=O) groups excluding carboxylic acids is 2. The number of hydrogen-bond acceptors (Lipinski definition) is 8. The number of carbonyl (C=O) groups is 3. The van der Waals surface area contributed by atoms with Crippen molar-refractivity contribution >= 4 is 51.7 Å². The smallest absolute Gasteiger partial charge is 0.315 e. The maximum atomic E-state index is 13.8. The number of methoxy groups -OCH3 is 1. The molecule has 2 aromatic carbocycles. The fraction of sp³-hybridized carbons (Fsp3) is 0.143. The second kappa shape index (κ2) is 10.8. The van der Waals surface area contributed by atoms with Crippen LogP contribution >= 0.6 is 23.1 Å². The number of anilines is 2. The highest BCUT2D eigenvalue weighted by Crippen LogP contribution is 2.35. The lowest BCUT2D eigenvalue weighted by Gasteiger charge is -2.14. The summed E-state index contributed by atoms with van der Waals surface area (Å²) in [7, 11) is 1.45. The van der Waals surface area contributed by atoms with Crippen LogP contribution in [0.3, 0.4) is 0 Å². The van der Waals surface area contributed by atoms with Crippen molar-refractivity contribution < 1.29 is 33.4 Å². The maximum absolute atomic E-state index is 13.8. The Balaban J connectivity index is 1.75. The Morgan fingerprint density at radius 2 is 1.79 bits per heavy atom. The molecule has 33 heavy (non-hydrogen) atoms. The van der Waals surface area contributed by atoms with Crippen LogP contribution in [0.5, 0.6) is 17.2 Å². The fourth-order valence-electron chi connectivity index (χ4n) is 2.64. The second-order valence-electron chi connectivity index (χ2n) is 6.33. The summed E-state index contributed by atoms with van der Waals surface area (Å²) in [5, 5.41) is 13.8. The van der Waals surface area contributed by atoms with Gasteiger partial charge in [0.15, 0.2) is 22.4 Å². The van der Waals surface area contributed by atoms with E-state index in [0.717, 1.165) is 23.5 Å². The lowest BCUT2D eigenvalue weighted by atomic mass is 10.2. The van der Waals surface area contributed by atoms with E-state index in [9.17, 15) is 18.8 Å². The number of aliphatic carboxylic acids is 1. The van der Waals surface area contributed by atoms with Gasteiger partial charge in [-0.15, -0.1) is 11.8 Å². The van der Waals surface area contributed by atoms with Gasteiger partial charge in [0, 0.05) is 6.07 Å². The van der Waals surface area contributed by atoms with Crippen LogP contribution in [0, 0.1) is 5.82 Å². The van der Waals surface area contributed by atoms with E-state index in [1.165, 1.54) is 24.9 Å². The zero-order chi connectivity index (χ0) is 24.0. The molecular weight excluding hydrogens is 473 g/mol. The van der Waals surface area contributed by atoms with Crippen molar-refractivity contribution in [3.63, 3.8) is 0 Å². The van der Waals surface area contributed by atoms with E-state index in [4.69, 9.17) is 14.6 Å². The molecular formula is C21H18FN3O6S2. The van der Waals surface area contributed by atoms with Gasteiger partial charge in [-0.1, -0.05) is 23.5 Å². The molecule has 1 aromatic heterocycles. The third kappa shape index (κ3) is 6.20. The molecule has 0 bridgehead atoms. The van der Waals surface area contributed by atoms with Gasteiger partial charge in [-0.3, -0.25) is 19.7 Å². The monoisotopic (exact) mass is 491 g/mol. The minimum Gasteiger partial charge on any atom is -0.493 e. The Labute approximate surface area is 195 Å². The molecule has 0 aliphatic carbocycles. The molecule has 0 aliphatic heterocycles. The Morgan fingerprint density at radius 3 is 2.45 bits per heavy atom. The first-order chi connectivity index (χ1) is 15.8. The number of carboxylic acids is 1. The molecule has 0 saturated carbocycles. The number of thioether (sulfide) groups is 1. The molecule has 3 N–H and O–H groups in total. The highest BCUT2D eigenvalue weighted by atomic mass is 32.2. The van der Waals surface area contributed by atoms with E-state index >= 15 is 0 Å². The van der Waals surface area contributed by atoms with Crippen molar-refractivity contribution in [3.05, 3.63) is 54.0 Å². The van der Waals surface area contributed by atoms with Crippen molar-refractivity contribution in [2.24, 2.45) is 0 Å². The van der Waals surface area contributed by atoms with Gasteiger partial charge in [0.1, 0.15) is 5.82 Å². The van der Waals surface area contributed by atoms with Crippen LogP contribution in [0.1, 0.15) is 5.69 Å². The van der Waals surface area contributed by atoms with Crippen molar-refractivity contribution in [3.8, 4) is 17.2 Å². The molecule has 0 fully saturated rings. The highest BCUT2D eigenvalue weighted by molar-refractivity contribution is 8.00. The minimum atomic E-state index is -1.06. The average molecular weight is 492 g/mol. The normalized spacial score (nSPS) is 10.4. The predicted octanol–water partition coefficient (Wildman–Crippen LogP) is 4.01. The summed E-state index contributed by atoms with van der Waals surface area (Å²) >= 11 is 2.33. The van der Waals surface area contributed by atoms with Gasteiger partial charge in [0.25, 0.3) is 0 Å². The molecule has 2 amide bonds. The number of carboxylic acid groups (broad SMARTS) is 1. The largest absolute Gasteiger partial charge is 0.493 e. The summed E-state index contributed by atoms with van der Waals surface area (Å²) in [6, 6.07) is 10.1. The van der Waals surface area contributed by atoms with Gasteiger partial charge in [-0.2, -0.15) is 0 Å². The molecule has 12 heteroatoms. The van der Waals surface area contributed by atoms with Gasteiger partial charge in [-0.05, 0) is 30.5 Å². The Hall–Kier alpha value is -3.64. The topological polar surface area (TPSA) is 127 Å². The van der Waals surface area contributed by atoms with Crippen LogP contribution in [0.15, 0.2) is 46.7 Å². The Kier molecular flexibility index (Phi) is 7.85. The third-order valence-corrected chi connectivity index (χ3v) is 6.24. The predicted molar refractivity (Wildman–Crippen MR) is 122 cm³/mol. The number of benzene rings is 2. The zero-order valence-electron chi connectivity index (χ0n) is 17.4. The number of nitrogens with one attached hydrogen (secondary N) is 2. The average Bonchev–Trinajstić information content (AvgIpc) is 3.16. The number of nitrogens with zero attached hydrogens (tertiary/aromatic N) is 1. The molecule has 0 spiro atoms. The summed E-state index contributed by atoms with van der Waals surface area (Å²) in [5.74, 6) is -3.13. The van der Waals surface area contributed by atoms with E-state index in [1.54, 1.807) is 30.5 Å². The number of rotatable bonds is 8. The van der Waals surface area contributed by atoms with Crippen molar-refractivity contribution in [2.75, 3.05) is 24.0 Å². The summed E-state index contributed by atoms with van der Waals surface area (Å²) < 4.78 is 25.3. The summed E-state index contributed by atoms with van der Waals surface area (Å²) in [5.41, 5.74) is 0.347. The van der Waals surface area contributed by atoms with Crippen molar-refractivity contribution in [2.45, 2.75) is 10.6 Å². The fourth-order valence-corrected chi connectivity index (χ4v) is 4.28.